The quantitative estimate of drug-likeness (QED) is 0.162. The molecule has 0 saturated carbocycles. The third-order valence-corrected chi connectivity index (χ3v) is 8.73. The molecule has 2 aliphatic carbocycles. The van der Waals surface area contributed by atoms with Crippen molar-refractivity contribution in [1.29, 1.82) is 0 Å². The summed E-state index contributed by atoms with van der Waals surface area (Å²) < 4.78 is 0. The SMILES string of the molecule is CC1=C(/C=C/C(C)=C/C=C/C(C)=C/[C@H](O)C/C=C(\C)CC#CC(C)/C=C/C2=C(C)CCCC2(C)C)C(C)(C)CCC1. The van der Waals surface area contributed by atoms with Crippen LogP contribution in [0, 0.1) is 28.6 Å². The maximum absolute atomic E-state index is 10.5. The van der Waals surface area contributed by atoms with E-state index in [4.69, 9.17) is 0 Å². The summed E-state index contributed by atoms with van der Waals surface area (Å²) in [6, 6.07) is 0. The van der Waals surface area contributed by atoms with Gasteiger partial charge in [0.2, 0.25) is 0 Å². The molecule has 1 heteroatoms. The Morgan fingerprint density at radius 2 is 1.46 bits per heavy atom. The van der Waals surface area contributed by atoms with E-state index in [9.17, 15) is 5.11 Å². The van der Waals surface area contributed by atoms with Gasteiger partial charge >= 0.3 is 0 Å². The van der Waals surface area contributed by atoms with Gasteiger partial charge in [-0.3, -0.25) is 0 Å². The van der Waals surface area contributed by atoms with Crippen molar-refractivity contribution in [3.63, 3.8) is 0 Å². The lowest BCUT2D eigenvalue weighted by molar-refractivity contribution is 0.226. The number of aliphatic hydroxyl groups is 1. The summed E-state index contributed by atoms with van der Waals surface area (Å²) in [4.78, 5) is 0. The summed E-state index contributed by atoms with van der Waals surface area (Å²) in [6.45, 7) is 22.4. The van der Waals surface area contributed by atoms with Gasteiger partial charge in [0.1, 0.15) is 0 Å². The Morgan fingerprint density at radius 3 is 2.05 bits per heavy atom. The molecule has 2 rings (SSSR count). The van der Waals surface area contributed by atoms with Crippen molar-refractivity contribution in [2.75, 3.05) is 0 Å². The van der Waals surface area contributed by atoms with Crippen LogP contribution >= 0.6 is 0 Å². The molecule has 0 fully saturated rings. The Kier molecular flexibility index (Phi) is 13.7. The first kappa shape index (κ1) is 34.6. The summed E-state index contributed by atoms with van der Waals surface area (Å²) in [6.07, 6.45) is 27.8. The summed E-state index contributed by atoms with van der Waals surface area (Å²) in [5.74, 6) is 6.95. The molecule has 1 N–H and O–H groups in total. The molecule has 2 aliphatic rings. The zero-order valence-electron chi connectivity index (χ0n) is 28.0. The Bertz CT molecular complexity index is 1200. The lowest BCUT2D eigenvalue weighted by Gasteiger charge is -2.33. The molecule has 0 aromatic rings. The van der Waals surface area contributed by atoms with Gasteiger partial charge in [-0.1, -0.05) is 122 Å². The van der Waals surface area contributed by atoms with Gasteiger partial charge in [-0.25, -0.2) is 0 Å². The van der Waals surface area contributed by atoms with Gasteiger partial charge in [-0.2, -0.15) is 0 Å². The molecule has 0 heterocycles. The molecule has 224 valence electrons. The van der Waals surface area contributed by atoms with Crippen LogP contribution in [0.4, 0.5) is 0 Å². The molecular formula is C40H58O. The average Bonchev–Trinajstić information content (AvgIpc) is 2.86. The Hall–Kier alpha value is -2.56. The Balaban J connectivity index is 1.85. The van der Waals surface area contributed by atoms with E-state index in [-0.39, 0.29) is 16.7 Å². The van der Waals surface area contributed by atoms with Crippen LogP contribution in [0.15, 0.2) is 93.7 Å². The largest absolute Gasteiger partial charge is 0.389 e. The van der Waals surface area contributed by atoms with Crippen LogP contribution in [0.5, 0.6) is 0 Å². The highest BCUT2D eigenvalue weighted by Gasteiger charge is 2.27. The third-order valence-electron chi connectivity index (χ3n) is 8.73. The Morgan fingerprint density at radius 1 is 0.878 bits per heavy atom. The van der Waals surface area contributed by atoms with E-state index in [1.54, 1.807) is 0 Å². The van der Waals surface area contributed by atoms with Gasteiger partial charge in [-0.05, 0) is 108 Å². The minimum Gasteiger partial charge on any atom is -0.389 e. The second kappa shape index (κ2) is 16.2. The fourth-order valence-corrected chi connectivity index (χ4v) is 6.10. The van der Waals surface area contributed by atoms with Gasteiger partial charge < -0.3 is 5.11 Å². The molecule has 0 aliphatic heterocycles. The summed E-state index contributed by atoms with van der Waals surface area (Å²) >= 11 is 0. The first-order valence-electron chi connectivity index (χ1n) is 15.8. The van der Waals surface area contributed by atoms with Gasteiger partial charge in [0.15, 0.2) is 0 Å². The lowest BCUT2D eigenvalue weighted by atomic mass is 9.72. The maximum atomic E-state index is 10.5. The molecule has 2 atom stereocenters. The average molecular weight is 555 g/mol. The van der Waals surface area contributed by atoms with Crippen LogP contribution in [0.1, 0.15) is 121 Å². The number of hydrogen-bond acceptors (Lipinski definition) is 1. The number of allylic oxidation sites excluding steroid dienone is 14. The minimum absolute atomic E-state index is 0.234. The van der Waals surface area contributed by atoms with Crippen LogP contribution in [0.3, 0.4) is 0 Å². The normalized spacial score (nSPS) is 22.1. The minimum atomic E-state index is -0.492. The molecule has 41 heavy (non-hydrogen) atoms. The van der Waals surface area contributed by atoms with E-state index in [2.05, 4.69) is 123 Å². The van der Waals surface area contributed by atoms with Crippen molar-refractivity contribution in [3.8, 4) is 11.8 Å². The van der Waals surface area contributed by atoms with Crippen molar-refractivity contribution in [1.82, 2.24) is 0 Å². The number of aliphatic hydroxyl groups excluding tert-OH is 1. The second-order valence-corrected chi connectivity index (χ2v) is 13.9. The van der Waals surface area contributed by atoms with Gasteiger partial charge in [0.05, 0.1) is 6.10 Å². The Labute approximate surface area is 253 Å². The molecule has 1 unspecified atom stereocenters. The summed E-state index contributed by atoms with van der Waals surface area (Å²) in [7, 11) is 0. The van der Waals surface area contributed by atoms with E-state index in [1.165, 1.54) is 72.0 Å². The van der Waals surface area contributed by atoms with Crippen LogP contribution in [-0.4, -0.2) is 11.2 Å². The van der Waals surface area contributed by atoms with Gasteiger partial charge in [0.25, 0.3) is 0 Å². The van der Waals surface area contributed by atoms with Gasteiger partial charge in [-0.15, -0.1) is 0 Å². The van der Waals surface area contributed by atoms with Crippen LogP contribution in [-0.2, 0) is 0 Å². The van der Waals surface area contributed by atoms with E-state index in [0.29, 0.717) is 6.42 Å². The standard InChI is InChI=1S/C40H58O/c1-30(15-11-16-31(2)22-25-37-34(5)19-13-27-39(37,7)8)21-24-36(41)29-33(4)18-12-17-32(3)23-26-38-35(6)20-14-28-40(38,9)10/h12,17-18,21-23,25-26,29,31,36,41H,13-15,19-20,24,27-28H2,1-10H3/b18-12+,25-22+,26-23+,30-21+,32-17+,33-29+/t31?,36-/m1/s1. The van der Waals surface area contributed by atoms with E-state index in [1.807, 2.05) is 13.0 Å². The fourth-order valence-electron chi connectivity index (χ4n) is 6.10. The molecule has 0 spiro atoms. The van der Waals surface area contributed by atoms with Gasteiger partial charge in [0, 0.05) is 12.3 Å². The first-order chi connectivity index (χ1) is 19.2. The molecular weight excluding hydrogens is 496 g/mol. The predicted molar refractivity (Wildman–Crippen MR) is 182 cm³/mol. The molecule has 1 nitrogen and oxygen atoms in total. The summed E-state index contributed by atoms with van der Waals surface area (Å²) in [5, 5.41) is 10.5. The highest BCUT2D eigenvalue weighted by Crippen LogP contribution is 2.41. The summed E-state index contributed by atoms with van der Waals surface area (Å²) in [5.41, 5.74) is 10.1. The second-order valence-electron chi connectivity index (χ2n) is 13.9. The van der Waals surface area contributed by atoms with Crippen molar-refractivity contribution < 1.29 is 5.11 Å². The molecule has 0 amide bonds. The first-order valence-corrected chi connectivity index (χ1v) is 15.8. The van der Waals surface area contributed by atoms with E-state index < -0.39 is 6.10 Å². The van der Waals surface area contributed by atoms with Crippen molar-refractivity contribution >= 4 is 0 Å². The number of hydrogen-bond donors (Lipinski definition) is 1. The predicted octanol–water partition coefficient (Wildman–Crippen LogP) is 11.3. The van der Waals surface area contributed by atoms with E-state index >= 15 is 0 Å². The monoisotopic (exact) mass is 554 g/mol. The van der Waals surface area contributed by atoms with Crippen LogP contribution in [0.25, 0.3) is 0 Å². The van der Waals surface area contributed by atoms with E-state index in [0.717, 1.165) is 12.0 Å². The number of rotatable bonds is 10. The van der Waals surface area contributed by atoms with Crippen LogP contribution in [0.2, 0.25) is 0 Å². The van der Waals surface area contributed by atoms with Crippen LogP contribution < -0.4 is 0 Å². The third kappa shape index (κ3) is 12.1. The van der Waals surface area contributed by atoms with Crippen molar-refractivity contribution in [2.24, 2.45) is 16.7 Å². The van der Waals surface area contributed by atoms with Crippen molar-refractivity contribution in [2.45, 2.75) is 127 Å². The highest BCUT2D eigenvalue weighted by atomic mass is 16.3. The zero-order chi connectivity index (χ0) is 30.6. The molecule has 0 saturated heterocycles. The molecule has 0 radical (unpaired) electrons. The van der Waals surface area contributed by atoms with Crippen molar-refractivity contribution in [3.05, 3.63) is 93.7 Å². The fraction of sp³-hybridized carbons (Fsp3) is 0.550. The zero-order valence-corrected chi connectivity index (χ0v) is 28.0. The smallest absolute Gasteiger partial charge is 0.0760 e. The molecule has 0 aromatic carbocycles. The maximum Gasteiger partial charge on any atom is 0.0760 e. The molecule has 0 aromatic heterocycles. The topological polar surface area (TPSA) is 20.2 Å². The highest BCUT2D eigenvalue weighted by molar-refractivity contribution is 5.37. The lowest BCUT2D eigenvalue weighted by Crippen LogP contribution is -2.19. The molecule has 0 bridgehead atoms.